The fourth-order valence-corrected chi connectivity index (χ4v) is 2.81. The van der Waals surface area contributed by atoms with Crippen LogP contribution in [-0.4, -0.2) is 38.0 Å². The summed E-state index contributed by atoms with van der Waals surface area (Å²) in [4.78, 5) is 27.2. The number of carbonyl (C=O) groups is 2. The summed E-state index contributed by atoms with van der Waals surface area (Å²) in [5.41, 5.74) is 2.68. The van der Waals surface area contributed by atoms with E-state index in [9.17, 15) is 9.59 Å². The Morgan fingerprint density at radius 2 is 1.74 bits per heavy atom. The second kappa shape index (κ2) is 9.76. The fourth-order valence-electron chi connectivity index (χ4n) is 2.81. The molecule has 0 aliphatic rings. The molecule has 0 spiro atoms. The lowest BCUT2D eigenvalue weighted by Crippen LogP contribution is -2.50. The molecule has 0 aliphatic carbocycles. The Morgan fingerprint density at radius 3 is 2.37 bits per heavy atom. The van der Waals surface area contributed by atoms with Gasteiger partial charge >= 0.3 is 0 Å². The summed E-state index contributed by atoms with van der Waals surface area (Å²) in [7, 11) is 1.99. The third kappa shape index (κ3) is 6.13. The lowest BCUT2D eigenvalue weighted by Gasteiger charge is -2.23. The van der Waals surface area contributed by atoms with Gasteiger partial charge in [-0.2, -0.15) is 0 Å². The van der Waals surface area contributed by atoms with Gasteiger partial charge in [0.05, 0.1) is 0 Å². The van der Waals surface area contributed by atoms with Crippen LogP contribution in [0.2, 0.25) is 0 Å². The van der Waals surface area contributed by atoms with E-state index in [-0.39, 0.29) is 17.7 Å². The number of benzene rings is 2. The molecule has 0 saturated carbocycles. The first kappa shape index (κ1) is 20.5. The lowest BCUT2D eigenvalue weighted by molar-refractivity contribution is -0.123. The minimum Gasteiger partial charge on any atom is -0.373 e. The van der Waals surface area contributed by atoms with Crippen molar-refractivity contribution in [2.75, 3.05) is 25.0 Å². The Hall–Kier alpha value is -2.82. The Labute approximate surface area is 161 Å². The third-order valence-electron chi connectivity index (χ3n) is 4.46. The van der Waals surface area contributed by atoms with Crippen molar-refractivity contribution >= 4 is 17.5 Å². The molecule has 0 radical (unpaired) electrons. The van der Waals surface area contributed by atoms with Crippen molar-refractivity contribution in [2.24, 2.45) is 5.92 Å². The van der Waals surface area contributed by atoms with E-state index < -0.39 is 6.04 Å². The van der Waals surface area contributed by atoms with Crippen LogP contribution in [0.4, 0.5) is 5.69 Å². The Bertz CT molecular complexity index is 759. The summed E-state index contributed by atoms with van der Waals surface area (Å²) in [6.45, 7) is 6.99. The first-order chi connectivity index (χ1) is 12.9. The zero-order chi connectivity index (χ0) is 19.8. The van der Waals surface area contributed by atoms with Crippen molar-refractivity contribution in [1.29, 1.82) is 0 Å². The van der Waals surface area contributed by atoms with Gasteiger partial charge in [0.2, 0.25) is 5.91 Å². The molecule has 0 fully saturated rings. The molecule has 5 nitrogen and oxygen atoms in total. The molecule has 2 N–H and O–H groups in total. The van der Waals surface area contributed by atoms with Crippen LogP contribution < -0.4 is 15.5 Å². The zero-order valence-corrected chi connectivity index (χ0v) is 16.5. The Kier molecular flexibility index (Phi) is 7.41. The number of likely N-dealkylation sites (N-methyl/N-ethyl adjacent to an activating group) is 1. The van der Waals surface area contributed by atoms with Crippen molar-refractivity contribution in [3.8, 4) is 0 Å². The largest absolute Gasteiger partial charge is 0.373 e. The molecule has 0 unspecified atom stereocenters. The van der Waals surface area contributed by atoms with E-state index in [2.05, 4.69) is 15.5 Å². The van der Waals surface area contributed by atoms with Crippen molar-refractivity contribution in [3.05, 3.63) is 65.7 Å². The highest BCUT2D eigenvalue weighted by atomic mass is 16.2. The highest BCUT2D eigenvalue weighted by Gasteiger charge is 2.24. The van der Waals surface area contributed by atoms with E-state index in [0.717, 1.165) is 11.3 Å². The van der Waals surface area contributed by atoms with Gasteiger partial charge < -0.3 is 15.5 Å². The zero-order valence-electron chi connectivity index (χ0n) is 16.5. The molecular weight excluding hydrogens is 338 g/mol. The molecule has 1 atom stereocenters. The van der Waals surface area contributed by atoms with Crippen LogP contribution in [0.3, 0.4) is 0 Å². The summed E-state index contributed by atoms with van der Waals surface area (Å²) in [6.07, 6.45) is 0. The quantitative estimate of drug-likeness (QED) is 0.754. The molecule has 2 aromatic carbocycles. The van der Waals surface area contributed by atoms with E-state index in [1.54, 1.807) is 6.07 Å². The predicted molar refractivity (Wildman–Crippen MR) is 110 cm³/mol. The first-order valence-electron chi connectivity index (χ1n) is 9.30. The third-order valence-corrected chi connectivity index (χ3v) is 4.46. The molecule has 5 heteroatoms. The van der Waals surface area contributed by atoms with Gasteiger partial charge in [-0.3, -0.25) is 9.59 Å². The Morgan fingerprint density at radius 1 is 1.04 bits per heavy atom. The van der Waals surface area contributed by atoms with Gasteiger partial charge in [0, 0.05) is 31.4 Å². The minimum absolute atomic E-state index is 0.00869. The van der Waals surface area contributed by atoms with Crippen LogP contribution in [0.5, 0.6) is 0 Å². The number of hydrogen-bond acceptors (Lipinski definition) is 3. The lowest BCUT2D eigenvalue weighted by atomic mass is 10.0. The van der Waals surface area contributed by atoms with Gasteiger partial charge in [-0.25, -0.2) is 0 Å². The average molecular weight is 367 g/mol. The summed E-state index contributed by atoms with van der Waals surface area (Å²) in [6, 6.07) is 16.8. The van der Waals surface area contributed by atoms with E-state index >= 15 is 0 Å². The van der Waals surface area contributed by atoms with Crippen LogP contribution in [-0.2, 0) is 4.79 Å². The number of nitrogens with zero attached hydrogens (tertiary/aromatic N) is 1. The standard InChI is InChI=1S/C22H29N3O2/c1-16(2)20(24-21(26)18-10-8-9-17(3)15-18)22(27)23-13-14-25(4)19-11-6-5-7-12-19/h5-12,15-16,20H,13-14H2,1-4H3,(H,23,27)(H,24,26)/t20-/m0/s1. The van der Waals surface area contributed by atoms with Crippen LogP contribution >= 0.6 is 0 Å². The Balaban J connectivity index is 1.90. The van der Waals surface area contributed by atoms with Gasteiger partial charge in [-0.15, -0.1) is 0 Å². The van der Waals surface area contributed by atoms with Crippen LogP contribution in [0.15, 0.2) is 54.6 Å². The highest BCUT2D eigenvalue weighted by molar-refractivity contribution is 5.97. The molecule has 2 aromatic rings. The summed E-state index contributed by atoms with van der Waals surface area (Å²) < 4.78 is 0. The first-order valence-corrected chi connectivity index (χ1v) is 9.30. The van der Waals surface area contributed by atoms with Crippen LogP contribution in [0, 0.1) is 12.8 Å². The second-order valence-electron chi connectivity index (χ2n) is 7.11. The van der Waals surface area contributed by atoms with Gasteiger partial charge in [0.1, 0.15) is 6.04 Å². The summed E-state index contributed by atoms with van der Waals surface area (Å²) >= 11 is 0. The smallest absolute Gasteiger partial charge is 0.251 e. The molecule has 2 amide bonds. The normalized spacial score (nSPS) is 11.7. The molecular formula is C22H29N3O2. The van der Waals surface area contributed by atoms with Crippen molar-refractivity contribution in [1.82, 2.24) is 10.6 Å². The van der Waals surface area contributed by atoms with Gasteiger partial charge in [-0.1, -0.05) is 49.7 Å². The minimum atomic E-state index is -0.569. The molecule has 144 valence electrons. The number of anilines is 1. The molecule has 0 saturated heterocycles. The van der Waals surface area contributed by atoms with Crippen molar-refractivity contribution < 1.29 is 9.59 Å². The van der Waals surface area contributed by atoms with E-state index in [1.165, 1.54) is 0 Å². The van der Waals surface area contributed by atoms with E-state index in [4.69, 9.17) is 0 Å². The molecule has 0 heterocycles. The van der Waals surface area contributed by atoms with Crippen molar-refractivity contribution in [3.63, 3.8) is 0 Å². The molecule has 0 aliphatic heterocycles. The van der Waals surface area contributed by atoms with Gasteiger partial charge in [0.25, 0.3) is 5.91 Å². The number of carbonyl (C=O) groups excluding carboxylic acids is 2. The average Bonchev–Trinajstić information content (AvgIpc) is 2.66. The molecule has 27 heavy (non-hydrogen) atoms. The van der Waals surface area contributed by atoms with Crippen LogP contribution in [0.1, 0.15) is 29.8 Å². The van der Waals surface area contributed by atoms with Crippen LogP contribution in [0.25, 0.3) is 0 Å². The fraction of sp³-hybridized carbons (Fsp3) is 0.364. The summed E-state index contributed by atoms with van der Waals surface area (Å²) in [5.74, 6) is -0.396. The topological polar surface area (TPSA) is 61.4 Å². The number of amides is 2. The maximum absolute atomic E-state index is 12.6. The van der Waals surface area contributed by atoms with Crippen molar-refractivity contribution in [2.45, 2.75) is 26.8 Å². The number of rotatable bonds is 8. The number of aryl methyl sites for hydroxylation is 1. The highest BCUT2D eigenvalue weighted by Crippen LogP contribution is 2.10. The predicted octanol–water partition coefficient (Wildman–Crippen LogP) is 3.00. The maximum Gasteiger partial charge on any atom is 0.251 e. The van der Waals surface area contributed by atoms with E-state index in [0.29, 0.717) is 18.7 Å². The number of para-hydroxylation sites is 1. The number of hydrogen-bond donors (Lipinski definition) is 2. The SMILES string of the molecule is Cc1cccc(C(=O)N[C@H](C(=O)NCCN(C)c2ccccc2)C(C)C)c1. The maximum atomic E-state index is 12.6. The van der Waals surface area contributed by atoms with E-state index in [1.807, 2.05) is 76.3 Å². The second-order valence-corrected chi connectivity index (χ2v) is 7.11. The summed E-state index contributed by atoms with van der Waals surface area (Å²) in [5, 5.41) is 5.80. The van der Waals surface area contributed by atoms with Gasteiger partial charge in [0.15, 0.2) is 0 Å². The molecule has 0 aromatic heterocycles. The molecule has 0 bridgehead atoms. The molecule has 2 rings (SSSR count). The number of nitrogens with one attached hydrogen (secondary N) is 2. The van der Waals surface area contributed by atoms with Gasteiger partial charge in [-0.05, 0) is 37.1 Å². The monoisotopic (exact) mass is 367 g/mol.